The molecule has 24 heavy (non-hydrogen) atoms. The molecule has 2 aromatic rings. The van der Waals surface area contributed by atoms with Crippen molar-refractivity contribution in [3.8, 4) is 0 Å². The quantitative estimate of drug-likeness (QED) is 0.876. The van der Waals surface area contributed by atoms with E-state index in [0.29, 0.717) is 22.4 Å². The third kappa shape index (κ3) is 3.98. The lowest BCUT2D eigenvalue weighted by Crippen LogP contribution is -2.22. The summed E-state index contributed by atoms with van der Waals surface area (Å²) in [4.78, 5) is 37.3. The van der Waals surface area contributed by atoms with Crippen molar-refractivity contribution in [3.05, 3.63) is 65.2 Å². The van der Waals surface area contributed by atoms with Crippen molar-refractivity contribution in [2.24, 2.45) is 0 Å². The third-order valence-electron chi connectivity index (χ3n) is 3.32. The number of amides is 2. The van der Waals surface area contributed by atoms with Crippen molar-refractivity contribution in [1.29, 1.82) is 0 Å². The number of carbonyl (C=O) groups excluding carboxylic acids is 3. The highest BCUT2D eigenvalue weighted by Gasteiger charge is 2.12. The molecule has 1 N–H and O–H groups in total. The van der Waals surface area contributed by atoms with Crippen LogP contribution >= 0.6 is 0 Å². The average Bonchev–Trinajstić information content (AvgIpc) is 2.60. The van der Waals surface area contributed by atoms with E-state index in [1.807, 2.05) is 0 Å². The molecule has 0 aliphatic rings. The molecule has 0 saturated carbocycles. The van der Waals surface area contributed by atoms with Gasteiger partial charge in [0, 0.05) is 30.9 Å². The average molecular weight is 326 g/mol. The second kappa shape index (κ2) is 7.41. The van der Waals surface area contributed by atoms with Gasteiger partial charge in [-0.15, -0.1) is 0 Å². The normalized spacial score (nSPS) is 9.96. The number of nitrogens with one attached hydrogen (secondary N) is 1. The summed E-state index contributed by atoms with van der Waals surface area (Å²) in [5.41, 5.74) is 1.58. The van der Waals surface area contributed by atoms with Crippen molar-refractivity contribution >= 4 is 23.5 Å². The molecule has 0 unspecified atom stereocenters. The third-order valence-corrected chi connectivity index (χ3v) is 3.32. The van der Waals surface area contributed by atoms with Crippen LogP contribution < -0.4 is 5.32 Å². The molecule has 0 fully saturated rings. The topological polar surface area (TPSA) is 75.7 Å². The van der Waals surface area contributed by atoms with Crippen LogP contribution in [0.4, 0.5) is 5.69 Å². The van der Waals surface area contributed by atoms with E-state index in [4.69, 9.17) is 0 Å². The Balaban J connectivity index is 2.20. The fraction of sp³-hybridized carbons (Fsp3) is 0.167. The maximum absolute atomic E-state index is 12.3. The first kappa shape index (κ1) is 17.2. The van der Waals surface area contributed by atoms with Crippen LogP contribution in [0.1, 0.15) is 31.1 Å². The van der Waals surface area contributed by atoms with E-state index in [-0.39, 0.29) is 11.8 Å². The van der Waals surface area contributed by atoms with Crippen molar-refractivity contribution < 1.29 is 19.1 Å². The monoisotopic (exact) mass is 326 g/mol. The van der Waals surface area contributed by atoms with E-state index in [1.54, 1.807) is 56.6 Å². The number of carbonyl (C=O) groups is 3. The van der Waals surface area contributed by atoms with Crippen molar-refractivity contribution in [3.63, 3.8) is 0 Å². The van der Waals surface area contributed by atoms with Crippen LogP contribution in [0.3, 0.4) is 0 Å². The number of hydrogen-bond acceptors (Lipinski definition) is 4. The standard InChI is InChI=1S/C18H18N2O4/c1-20(2)17(22)13-7-5-9-15(11-13)19-16(21)12-6-4-8-14(10-12)18(23)24-3/h4-11H,1-3H3,(H,19,21). The summed E-state index contributed by atoms with van der Waals surface area (Å²) in [5, 5.41) is 2.71. The van der Waals surface area contributed by atoms with Crippen molar-refractivity contribution in [1.82, 2.24) is 4.90 Å². The summed E-state index contributed by atoms with van der Waals surface area (Å²) in [6.45, 7) is 0. The van der Waals surface area contributed by atoms with Crippen LogP contribution in [0.2, 0.25) is 0 Å². The first-order chi connectivity index (χ1) is 11.4. The molecule has 2 amide bonds. The molecule has 2 aromatic carbocycles. The minimum absolute atomic E-state index is 0.154. The summed E-state index contributed by atoms with van der Waals surface area (Å²) in [6.07, 6.45) is 0. The van der Waals surface area contributed by atoms with Gasteiger partial charge in [0.25, 0.3) is 11.8 Å². The molecule has 0 spiro atoms. The Morgan fingerprint density at radius 3 is 2.21 bits per heavy atom. The highest BCUT2D eigenvalue weighted by atomic mass is 16.5. The van der Waals surface area contributed by atoms with Gasteiger partial charge in [-0.25, -0.2) is 4.79 Å². The summed E-state index contributed by atoms with van der Waals surface area (Å²) in [7, 11) is 4.60. The predicted octanol–water partition coefficient (Wildman–Crippen LogP) is 2.43. The zero-order valence-corrected chi connectivity index (χ0v) is 13.7. The molecule has 0 bridgehead atoms. The van der Waals surface area contributed by atoms with Gasteiger partial charge in [-0.05, 0) is 36.4 Å². The van der Waals surface area contributed by atoms with E-state index in [1.165, 1.54) is 18.1 Å². The van der Waals surface area contributed by atoms with Gasteiger partial charge in [0.05, 0.1) is 12.7 Å². The largest absolute Gasteiger partial charge is 0.465 e. The van der Waals surface area contributed by atoms with Gasteiger partial charge in [0.1, 0.15) is 0 Å². The number of benzene rings is 2. The summed E-state index contributed by atoms with van der Waals surface area (Å²) in [5.74, 6) is -1.04. The fourth-order valence-corrected chi connectivity index (χ4v) is 2.10. The maximum Gasteiger partial charge on any atom is 0.337 e. The second-order valence-corrected chi connectivity index (χ2v) is 5.31. The number of nitrogens with zero attached hydrogens (tertiary/aromatic N) is 1. The molecule has 6 nitrogen and oxygen atoms in total. The molecule has 0 atom stereocenters. The molecule has 6 heteroatoms. The molecule has 0 radical (unpaired) electrons. The van der Waals surface area contributed by atoms with Gasteiger partial charge in [0.15, 0.2) is 0 Å². The minimum Gasteiger partial charge on any atom is -0.465 e. The highest BCUT2D eigenvalue weighted by Crippen LogP contribution is 2.14. The van der Waals surface area contributed by atoms with Gasteiger partial charge in [-0.3, -0.25) is 9.59 Å². The second-order valence-electron chi connectivity index (χ2n) is 5.31. The van der Waals surface area contributed by atoms with Gasteiger partial charge < -0.3 is 15.0 Å². The van der Waals surface area contributed by atoms with Gasteiger partial charge >= 0.3 is 5.97 Å². The first-order valence-electron chi connectivity index (χ1n) is 7.24. The molecule has 0 saturated heterocycles. The Hall–Kier alpha value is -3.15. The van der Waals surface area contributed by atoms with E-state index >= 15 is 0 Å². The van der Waals surface area contributed by atoms with E-state index in [0.717, 1.165) is 0 Å². The predicted molar refractivity (Wildman–Crippen MR) is 90.2 cm³/mol. The Morgan fingerprint density at radius 2 is 1.54 bits per heavy atom. The van der Waals surface area contributed by atoms with Gasteiger partial charge in [-0.2, -0.15) is 0 Å². The van der Waals surface area contributed by atoms with Crippen molar-refractivity contribution in [2.45, 2.75) is 0 Å². The molecule has 0 aliphatic heterocycles. The van der Waals surface area contributed by atoms with Crippen LogP contribution in [-0.2, 0) is 4.74 Å². The lowest BCUT2D eigenvalue weighted by Gasteiger charge is -2.12. The van der Waals surface area contributed by atoms with Gasteiger partial charge in [-0.1, -0.05) is 12.1 Å². The van der Waals surface area contributed by atoms with E-state index < -0.39 is 5.97 Å². The van der Waals surface area contributed by atoms with Gasteiger partial charge in [0.2, 0.25) is 0 Å². The molecule has 0 aromatic heterocycles. The first-order valence-corrected chi connectivity index (χ1v) is 7.24. The van der Waals surface area contributed by atoms with E-state index in [2.05, 4.69) is 10.1 Å². The molecule has 2 rings (SSSR count). The number of anilines is 1. The Labute approximate surface area is 140 Å². The smallest absolute Gasteiger partial charge is 0.337 e. The molecule has 124 valence electrons. The zero-order valence-electron chi connectivity index (χ0n) is 13.7. The molecule has 0 heterocycles. The Bertz CT molecular complexity index is 784. The summed E-state index contributed by atoms with van der Waals surface area (Å²) < 4.78 is 4.64. The lowest BCUT2D eigenvalue weighted by molar-refractivity contribution is 0.0600. The lowest BCUT2D eigenvalue weighted by atomic mass is 10.1. The number of hydrogen-bond donors (Lipinski definition) is 1. The highest BCUT2D eigenvalue weighted by molar-refractivity contribution is 6.06. The minimum atomic E-state index is -0.511. The number of methoxy groups -OCH3 is 1. The van der Waals surface area contributed by atoms with E-state index in [9.17, 15) is 14.4 Å². The molecule has 0 aliphatic carbocycles. The zero-order chi connectivity index (χ0) is 17.7. The van der Waals surface area contributed by atoms with Crippen LogP contribution in [0, 0.1) is 0 Å². The Morgan fingerprint density at radius 1 is 0.917 bits per heavy atom. The van der Waals surface area contributed by atoms with Crippen LogP contribution in [0.25, 0.3) is 0 Å². The molecular formula is C18H18N2O4. The van der Waals surface area contributed by atoms with Crippen LogP contribution in [-0.4, -0.2) is 43.9 Å². The maximum atomic E-state index is 12.3. The number of rotatable bonds is 4. The number of ether oxygens (including phenoxy) is 1. The van der Waals surface area contributed by atoms with Crippen molar-refractivity contribution in [2.75, 3.05) is 26.5 Å². The fourth-order valence-electron chi connectivity index (χ4n) is 2.10. The number of esters is 1. The molecular weight excluding hydrogens is 308 g/mol. The Kier molecular flexibility index (Phi) is 5.31. The summed E-state index contributed by atoms with van der Waals surface area (Å²) >= 11 is 0. The summed E-state index contributed by atoms with van der Waals surface area (Å²) in [6, 6.07) is 12.9. The SMILES string of the molecule is COC(=O)c1cccc(C(=O)Nc2cccc(C(=O)N(C)C)c2)c1. The van der Waals surface area contributed by atoms with Crippen LogP contribution in [0.5, 0.6) is 0 Å². The van der Waals surface area contributed by atoms with Crippen LogP contribution in [0.15, 0.2) is 48.5 Å².